The molecule has 0 fully saturated rings. The lowest BCUT2D eigenvalue weighted by molar-refractivity contribution is 0.0594. The van der Waals surface area contributed by atoms with E-state index in [0.717, 1.165) is 0 Å². The van der Waals surface area contributed by atoms with Crippen LogP contribution in [0.15, 0.2) is 29.6 Å². The summed E-state index contributed by atoms with van der Waals surface area (Å²) in [7, 11) is 2.84. The minimum absolute atomic E-state index is 0.215. The summed E-state index contributed by atoms with van der Waals surface area (Å²) in [5, 5.41) is 13.8. The van der Waals surface area contributed by atoms with E-state index in [4.69, 9.17) is 10.00 Å². The number of nitriles is 1. The van der Waals surface area contributed by atoms with Gasteiger partial charge in [-0.1, -0.05) is 0 Å². The topological polar surface area (TPSA) is 105 Å². The summed E-state index contributed by atoms with van der Waals surface area (Å²) in [6.45, 7) is 0.939. The van der Waals surface area contributed by atoms with E-state index in [1.807, 2.05) is 6.07 Å². The molecule has 0 unspecified atom stereocenters. The molecule has 0 bridgehead atoms. The second-order valence-corrected chi connectivity index (χ2v) is 6.09. The Balaban J connectivity index is 2.07. The number of nitrogens with one attached hydrogen (secondary N) is 1. The normalized spacial score (nSPS) is 10.0. The molecule has 136 valence electrons. The molecule has 1 N–H and O–H groups in total. The molecule has 2 rings (SSSR count). The number of carbonyl (C=O) groups is 2. The summed E-state index contributed by atoms with van der Waals surface area (Å²) in [5.41, 5.74) is 1.30. The number of thiazole rings is 1. The largest absolute Gasteiger partial charge is 0.464 e. The van der Waals surface area contributed by atoms with Crippen LogP contribution < -0.4 is 5.32 Å². The van der Waals surface area contributed by atoms with Crippen molar-refractivity contribution in [3.8, 4) is 6.07 Å². The Hall–Kier alpha value is -2.96. The number of carbonyl (C=O) groups excluding carboxylic acids is 2. The number of ether oxygens (including phenoxy) is 2. The monoisotopic (exact) mass is 374 g/mol. The van der Waals surface area contributed by atoms with Crippen molar-refractivity contribution in [2.75, 3.05) is 32.7 Å². The third-order valence-electron chi connectivity index (χ3n) is 3.39. The summed E-state index contributed by atoms with van der Waals surface area (Å²) in [5.74, 6) is -0.516. The number of rotatable bonds is 7. The Morgan fingerprint density at radius 1 is 1.31 bits per heavy atom. The number of nitrogens with zero attached hydrogens (tertiary/aromatic N) is 3. The molecule has 0 atom stereocenters. The van der Waals surface area contributed by atoms with Crippen molar-refractivity contribution in [2.45, 2.75) is 6.54 Å². The zero-order valence-corrected chi connectivity index (χ0v) is 15.2. The van der Waals surface area contributed by atoms with Crippen LogP contribution in [-0.4, -0.2) is 49.3 Å². The molecular weight excluding hydrogens is 356 g/mol. The first kappa shape index (κ1) is 19.4. The molecule has 0 saturated heterocycles. The highest BCUT2D eigenvalue weighted by molar-refractivity contribution is 7.09. The van der Waals surface area contributed by atoms with Gasteiger partial charge in [-0.2, -0.15) is 5.26 Å². The van der Waals surface area contributed by atoms with Crippen LogP contribution >= 0.6 is 11.3 Å². The maximum Gasteiger partial charge on any atom is 0.357 e. The number of methoxy groups -OCH3 is 2. The number of benzene rings is 1. The van der Waals surface area contributed by atoms with Crippen molar-refractivity contribution in [3.05, 3.63) is 45.9 Å². The predicted molar refractivity (Wildman–Crippen MR) is 95.9 cm³/mol. The fraction of sp³-hybridized carbons (Fsp3) is 0.294. The van der Waals surface area contributed by atoms with Gasteiger partial charge in [0.1, 0.15) is 5.01 Å². The molecule has 2 amide bonds. The maximum atomic E-state index is 12.6. The molecule has 0 radical (unpaired) electrons. The molecule has 2 aromatic rings. The Morgan fingerprint density at radius 2 is 2.04 bits per heavy atom. The summed E-state index contributed by atoms with van der Waals surface area (Å²) in [6.07, 6.45) is 0. The third kappa shape index (κ3) is 5.27. The number of urea groups is 1. The van der Waals surface area contributed by atoms with Crippen LogP contribution in [0.5, 0.6) is 0 Å². The highest BCUT2D eigenvalue weighted by Crippen LogP contribution is 2.15. The van der Waals surface area contributed by atoms with Gasteiger partial charge in [0.2, 0.25) is 0 Å². The first-order chi connectivity index (χ1) is 12.6. The molecular formula is C17H18N4O4S. The van der Waals surface area contributed by atoms with Crippen molar-refractivity contribution in [1.29, 1.82) is 5.26 Å². The van der Waals surface area contributed by atoms with E-state index in [0.29, 0.717) is 29.4 Å². The molecule has 26 heavy (non-hydrogen) atoms. The number of aromatic nitrogens is 1. The maximum absolute atomic E-state index is 12.6. The van der Waals surface area contributed by atoms with Crippen LogP contribution in [0.1, 0.15) is 21.1 Å². The van der Waals surface area contributed by atoms with Crippen molar-refractivity contribution < 1.29 is 19.1 Å². The van der Waals surface area contributed by atoms with Gasteiger partial charge in [0.15, 0.2) is 5.69 Å². The number of anilines is 1. The van der Waals surface area contributed by atoms with E-state index in [-0.39, 0.29) is 18.3 Å². The molecule has 0 aliphatic carbocycles. The summed E-state index contributed by atoms with van der Waals surface area (Å²) >= 11 is 1.27. The smallest absolute Gasteiger partial charge is 0.357 e. The van der Waals surface area contributed by atoms with Gasteiger partial charge in [0.05, 0.1) is 31.9 Å². The molecule has 0 aliphatic heterocycles. The second kappa shape index (κ2) is 9.50. The van der Waals surface area contributed by atoms with Crippen LogP contribution in [0, 0.1) is 11.3 Å². The van der Waals surface area contributed by atoms with Gasteiger partial charge in [0.25, 0.3) is 0 Å². The van der Waals surface area contributed by atoms with Crippen LogP contribution in [0.3, 0.4) is 0 Å². The number of amides is 2. The van der Waals surface area contributed by atoms with E-state index in [2.05, 4.69) is 15.0 Å². The lowest BCUT2D eigenvalue weighted by Gasteiger charge is -2.21. The Kier molecular flexibility index (Phi) is 7.08. The van der Waals surface area contributed by atoms with E-state index >= 15 is 0 Å². The molecule has 0 saturated carbocycles. The molecule has 1 aromatic heterocycles. The summed E-state index contributed by atoms with van der Waals surface area (Å²) in [4.78, 5) is 29.8. The highest BCUT2D eigenvalue weighted by Gasteiger charge is 2.18. The van der Waals surface area contributed by atoms with Crippen molar-refractivity contribution >= 4 is 29.0 Å². The van der Waals surface area contributed by atoms with Gasteiger partial charge in [-0.05, 0) is 24.3 Å². The number of esters is 1. The minimum Gasteiger partial charge on any atom is -0.464 e. The first-order valence-electron chi connectivity index (χ1n) is 7.65. The number of hydrogen-bond donors (Lipinski definition) is 1. The minimum atomic E-state index is -0.516. The Bertz CT molecular complexity index is 798. The molecule has 8 nitrogen and oxygen atoms in total. The predicted octanol–water partition coefficient (Wildman–Crippen LogP) is 2.48. The molecule has 9 heteroatoms. The van der Waals surface area contributed by atoms with Gasteiger partial charge in [-0.3, -0.25) is 0 Å². The van der Waals surface area contributed by atoms with Gasteiger partial charge >= 0.3 is 12.0 Å². The van der Waals surface area contributed by atoms with E-state index in [1.54, 1.807) is 36.8 Å². The van der Waals surface area contributed by atoms with Crippen molar-refractivity contribution in [2.24, 2.45) is 0 Å². The second-order valence-electron chi connectivity index (χ2n) is 5.15. The molecule has 1 heterocycles. The highest BCUT2D eigenvalue weighted by atomic mass is 32.1. The zero-order chi connectivity index (χ0) is 18.9. The van der Waals surface area contributed by atoms with Crippen LogP contribution in [0.25, 0.3) is 0 Å². The van der Waals surface area contributed by atoms with Gasteiger partial charge in [-0.25, -0.2) is 14.6 Å². The molecule has 1 aromatic carbocycles. The van der Waals surface area contributed by atoms with Crippen LogP contribution in [-0.2, 0) is 16.0 Å². The zero-order valence-electron chi connectivity index (χ0n) is 14.4. The van der Waals surface area contributed by atoms with Crippen molar-refractivity contribution in [3.63, 3.8) is 0 Å². The van der Waals surface area contributed by atoms with Gasteiger partial charge in [0, 0.05) is 24.7 Å². The fourth-order valence-corrected chi connectivity index (χ4v) is 2.81. The summed E-state index contributed by atoms with van der Waals surface area (Å²) < 4.78 is 9.69. The summed E-state index contributed by atoms with van der Waals surface area (Å²) in [6, 6.07) is 8.25. The third-order valence-corrected chi connectivity index (χ3v) is 4.22. The lowest BCUT2D eigenvalue weighted by Crippen LogP contribution is -2.36. The average molecular weight is 374 g/mol. The first-order valence-corrected chi connectivity index (χ1v) is 8.53. The standard InChI is InChI=1S/C17H18N4O4S/c1-24-8-7-21(10-15-20-14(11-26-15)16(22)25-2)17(23)19-13-5-3-12(9-18)4-6-13/h3-6,11H,7-8,10H2,1-2H3,(H,19,23). The average Bonchev–Trinajstić information content (AvgIpc) is 3.13. The Labute approximate surface area is 155 Å². The number of hydrogen-bond acceptors (Lipinski definition) is 7. The lowest BCUT2D eigenvalue weighted by atomic mass is 10.2. The van der Waals surface area contributed by atoms with Crippen molar-refractivity contribution in [1.82, 2.24) is 9.88 Å². The fourth-order valence-electron chi connectivity index (χ4n) is 2.03. The van der Waals surface area contributed by atoms with Gasteiger partial charge in [-0.15, -0.1) is 11.3 Å². The molecule has 0 aliphatic rings. The molecule has 0 spiro atoms. The van der Waals surface area contributed by atoms with E-state index < -0.39 is 5.97 Å². The van der Waals surface area contributed by atoms with Crippen LogP contribution in [0.4, 0.5) is 10.5 Å². The van der Waals surface area contributed by atoms with Crippen LogP contribution in [0.2, 0.25) is 0 Å². The Morgan fingerprint density at radius 3 is 2.65 bits per heavy atom. The van der Waals surface area contributed by atoms with Gasteiger partial charge < -0.3 is 19.7 Å². The van der Waals surface area contributed by atoms with E-state index in [9.17, 15) is 9.59 Å². The quantitative estimate of drug-likeness (QED) is 0.747. The van der Waals surface area contributed by atoms with E-state index in [1.165, 1.54) is 23.3 Å². The SMILES string of the molecule is COCCN(Cc1nc(C(=O)OC)cs1)C(=O)Nc1ccc(C#N)cc1.